The molecule has 0 unspecified atom stereocenters. The fourth-order valence-corrected chi connectivity index (χ4v) is 3.21. The Balaban J connectivity index is 1.54. The molecule has 2 N–H and O–H groups in total. The first-order chi connectivity index (χ1) is 16.4. The monoisotopic (exact) mass is 523 g/mol. The molecule has 0 aliphatic rings. The van der Waals surface area contributed by atoms with E-state index in [2.05, 4.69) is 31.8 Å². The fraction of sp³-hybridized carbons (Fsp3) is 0.120. The lowest BCUT2D eigenvalue weighted by Gasteiger charge is -2.10. The molecule has 0 bridgehead atoms. The molecule has 3 aromatic rings. The van der Waals surface area contributed by atoms with E-state index in [0.717, 1.165) is 10.0 Å². The van der Waals surface area contributed by atoms with Gasteiger partial charge in [-0.15, -0.1) is 0 Å². The summed E-state index contributed by atoms with van der Waals surface area (Å²) in [5, 5.41) is 6.41. The van der Waals surface area contributed by atoms with Gasteiger partial charge in [0.1, 0.15) is 0 Å². The molecule has 2 amide bonds. The molecule has 0 saturated heterocycles. The van der Waals surface area contributed by atoms with Crippen molar-refractivity contribution in [3.63, 3.8) is 0 Å². The van der Waals surface area contributed by atoms with E-state index in [4.69, 9.17) is 9.47 Å². The predicted molar refractivity (Wildman–Crippen MR) is 131 cm³/mol. The number of benzene rings is 3. The molecule has 8 nitrogen and oxygen atoms in total. The molecule has 0 spiro atoms. The highest BCUT2D eigenvalue weighted by Gasteiger charge is 2.13. The van der Waals surface area contributed by atoms with Crippen molar-refractivity contribution in [3.05, 3.63) is 93.5 Å². The van der Waals surface area contributed by atoms with E-state index in [1.54, 1.807) is 48.5 Å². The first-order valence-corrected chi connectivity index (χ1v) is 11.0. The van der Waals surface area contributed by atoms with Crippen LogP contribution in [0.2, 0.25) is 0 Å². The minimum absolute atomic E-state index is 0.224. The first kappa shape index (κ1) is 24.7. The second-order valence-corrected chi connectivity index (χ2v) is 8.07. The van der Waals surface area contributed by atoms with Crippen LogP contribution in [0.1, 0.15) is 31.8 Å². The van der Waals surface area contributed by atoms with Crippen LogP contribution in [0.3, 0.4) is 0 Å². The van der Waals surface area contributed by atoms with Gasteiger partial charge in [-0.1, -0.05) is 39.7 Å². The standard InChI is InChI=1S/C25H22BrN3O5/c1-16-6-9-18(10-7-16)24(31)27-15-23(30)29-28-14-17-8-11-21(22(12-17)33-2)34-25(32)19-4-3-5-20(26)13-19/h3-14H,15H2,1-2H3,(H,27,31)(H,29,30)/b28-14+. The molecule has 3 rings (SSSR count). The zero-order valence-corrected chi connectivity index (χ0v) is 20.1. The molecule has 9 heteroatoms. The third kappa shape index (κ3) is 7.01. The fourth-order valence-electron chi connectivity index (χ4n) is 2.81. The molecule has 3 aromatic carbocycles. The Kier molecular flexibility index (Phi) is 8.53. The predicted octanol–water partition coefficient (Wildman–Crippen LogP) is 3.87. The van der Waals surface area contributed by atoms with E-state index in [0.29, 0.717) is 22.4 Å². The molecule has 0 atom stereocenters. The molecular weight excluding hydrogens is 502 g/mol. The summed E-state index contributed by atoms with van der Waals surface area (Å²) < 4.78 is 11.5. The molecule has 0 fully saturated rings. The number of hydrazone groups is 1. The van der Waals surface area contributed by atoms with Crippen LogP contribution < -0.4 is 20.2 Å². The highest BCUT2D eigenvalue weighted by molar-refractivity contribution is 9.10. The summed E-state index contributed by atoms with van der Waals surface area (Å²) in [7, 11) is 1.45. The van der Waals surface area contributed by atoms with E-state index < -0.39 is 11.9 Å². The van der Waals surface area contributed by atoms with Gasteiger partial charge in [0, 0.05) is 10.0 Å². The van der Waals surface area contributed by atoms with Gasteiger partial charge in [0.15, 0.2) is 11.5 Å². The lowest BCUT2D eigenvalue weighted by atomic mass is 10.1. The smallest absolute Gasteiger partial charge is 0.343 e. The first-order valence-electron chi connectivity index (χ1n) is 10.2. The topological polar surface area (TPSA) is 106 Å². The molecule has 0 aliphatic heterocycles. The zero-order valence-electron chi connectivity index (χ0n) is 18.5. The Morgan fingerprint density at radius 2 is 1.74 bits per heavy atom. The summed E-state index contributed by atoms with van der Waals surface area (Å²) in [6.07, 6.45) is 1.40. The zero-order chi connectivity index (χ0) is 24.5. The maximum atomic E-state index is 12.4. The molecular formula is C25H22BrN3O5. The Bertz CT molecular complexity index is 1230. The van der Waals surface area contributed by atoms with Crippen molar-refractivity contribution in [1.29, 1.82) is 0 Å². The number of amides is 2. The molecule has 174 valence electrons. The van der Waals surface area contributed by atoms with E-state index in [-0.39, 0.29) is 18.2 Å². The Labute approximate surface area is 205 Å². The number of ether oxygens (including phenoxy) is 2. The normalized spacial score (nSPS) is 10.6. The van der Waals surface area contributed by atoms with E-state index >= 15 is 0 Å². The van der Waals surface area contributed by atoms with Gasteiger partial charge in [-0.05, 0) is 61.0 Å². The molecule has 34 heavy (non-hydrogen) atoms. The highest BCUT2D eigenvalue weighted by Crippen LogP contribution is 2.28. The summed E-state index contributed by atoms with van der Waals surface area (Å²) >= 11 is 3.32. The highest BCUT2D eigenvalue weighted by atomic mass is 79.9. The number of methoxy groups -OCH3 is 1. The third-order valence-electron chi connectivity index (χ3n) is 4.58. The Morgan fingerprint density at radius 3 is 2.44 bits per heavy atom. The second kappa shape index (κ2) is 11.8. The van der Waals surface area contributed by atoms with Crippen LogP contribution in [0.5, 0.6) is 11.5 Å². The summed E-state index contributed by atoms with van der Waals surface area (Å²) in [5.74, 6) is -0.794. The van der Waals surface area contributed by atoms with Gasteiger partial charge in [-0.3, -0.25) is 9.59 Å². The van der Waals surface area contributed by atoms with Crippen LogP contribution in [-0.2, 0) is 4.79 Å². The van der Waals surface area contributed by atoms with Crippen molar-refractivity contribution in [2.24, 2.45) is 5.10 Å². The molecule has 0 aromatic heterocycles. The number of nitrogens with one attached hydrogen (secondary N) is 2. The number of halogens is 1. The number of nitrogens with zero attached hydrogens (tertiary/aromatic N) is 1. The summed E-state index contributed by atoms with van der Waals surface area (Å²) in [6, 6.07) is 18.7. The quantitative estimate of drug-likeness (QED) is 0.202. The van der Waals surface area contributed by atoms with E-state index in [1.165, 1.54) is 13.3 Å². The number of hydrogen-bond donors (Lipinski definition) is 2. The third-order valence-corrected chi connectivity index (χ3v) is 5.07. The lowest BCUT2D eigenvalue weighted by Crippen LogP contribution is -2.34. The number of carbonyl (C=O) groups excluding carboxylic acids is 3. The minimum Gasteiger partial charge on any atom is -0.493 e. The van der Waals surface area contributed by atoms with Gasteiger partial charge in [-0.25, -0.2) is 10.2 Å². The van der Waals surface area contributed by atoms with Gasteiger partial charge in [0.25, 0.3) is 11.8 Å². The van der Waals surface area contributed by atoms with Gasteiger partial charge < -0.3 is 14.8 Å². The van der Waals surface area contributed by atoms with Gasteiger partial charge in [0.05, 0.1) is 25.4 Å². The minimum atomic E-state index is -0.527. The lowest BCUT2D eigenvalue weighted by molar-refractivity contribution is -0.120. The SMILES string of the molecule is COc1cc(/C=N/NC(=O)CNC(=O)c2ccc(C)cc2)ccc1OC(=O)c1cccc(Br)c1. The van der Waals surface area contributed by atoms with Crippen molar-refractivity contribution >= 4 is 39.9 Å². The summed E-state index contributed by atoms with van der Waals surface area (Å²) in [4.78, 5) is 36.4. The number of rotatable bonds is 8. The molecule has 0 radical (unpaired) electrons. The summed E-state index contributed by atoms with van der Waals surface area (Å²) in [5.41, 5.74) is 4.84. The van der Waals surface area contributed by atoms with Crippen molar-refractivity contribution in [2.45, 2.75) is 6.92 Å². The summed E-state index contributed by atoms with van der Waals surface area (Å²) in [6.45, 7) is 1.70. The van der Waals surface area contributed by atoms with Crippen LogP contribution in [-0.4, -0.2) is 37.7 Å². The van der Waals surface area contributed by atoms with Crippen molar-refractivity contribution in [3.8, 4) is 11.5 Å². The van der Waals surface area contributed by atoms with E-state index in [9.17, 15) is 14.4 Å². The van der Waals surface area contributed by atoms with Crippen LogP contribution in [0.4, 0.5) is 0 Å². The van der Waals surface area contributed by atoms with E-state index in [1.807, 2.05) is 25.1 Å². The van der Waals surface area contributed by atoms with Crippen LogP contribution in [0, 0.1) is 6.92 Å². The van der Waals surface area contributed by atoms with Crippen molar-refractivity contribution in [1.82, 2.24) is 10.7 Å². The Hall–Kier alpha value is -3.98. The molecule has 0 saturated carbocycles. The average Bonchev–Trinajstić information content (AvgIpc) is 2.83. The van der Waals surface area contributed by atoms with Crippen molar-refractivity contribution in [2.75, 3.05) is 13.7 Å². The van der Waals surface area contributed by atoms with Crippen LogP contribution in [0.15, 0.2) is 76.3 Å². The van der Waals surface area contributed by atoms with Crippen LogP contribution in [0.25, 0.3) is 0 Å². The van der Waals surface area contributed by atoms with Gasteiger partial charge in [0.2, 0.25) is 0 Å². The number of esters is 1. The maximum absolute atomic E-state index is 12.4. The maximum Gasteiger partial charge on any atom is 0.343 e. The van der Waals surface area contributed by atoms with Crippen molar-refractivity contribution < 1.29 is 23.9 Å². The second-order valence-electron chi connectivity index (χ2n) is 7.15. The van der Waals surface area contributed by atoms with Gasteiger partial charge >= 0.3 is 5.97 Å². The molecule has 0 aliphatic carbocycles. The molecule has 0 heterocycles. The largest absolute Gasteiger partial charge is 0.493 e. The average molecular weight is 524 g/mol. The number of carbonyl (C=O) groups is 3. The van der Waals surface area contributed by atoms with Crippen LogP contribution >= 0.6 is 15.9 Å². The number of hydrogen-bond acceptors (Lipinski definition) is 6. The number of aryl methyl sites for hydroxylation is 1. The van der Waals surface area contributed by atoms with Gasteiger partial charge in [-0.2, -0.15) is 5.10 Å². The Morgan fingerprint density at radius 1 is 0.971 bits per heavy atom.